The first-order valence-electron chi connectivity index (χ1n) is 7.07. The summed E-state index contributed by atoms with van der Waals surface area (Å²) in [5, 5.41) is 0. The molecule has 1 aromatic carbocycles. The van der Waals surface area contributed by atoms with Crippen LogP contribution in [0.1, 0.15) is 43.4 Å². The Morgan fingerprint density at radius 1 is 1.33 bits per heavy atom. The van der Waals surface area contributed by atoms with Crippen LogP contribution in [0.5, 0.6) is 0 Å². The van der Waals surface area contributed by atoms with Gasteiger partial charge in [-0.25, -0.2) is 0 Å². The minimum absolute atomic E-state index is 0.0963. The Morgan fingerprint density at radius 3 is 2.62 bits per heavy atom. The Bertz CT molecular complexity index is 516. The van der Waals surface area contributed by atoms with Crippen molar-refractivity contribution in [2.24, 2.45) is 5.73 Å². The monoisotopic (exact) mass is 300 g/mol. The van der Waals surface area contributed by atoms with Crippen LogP contribution in [0.25, 0.3) is 0 Å². The quantitative estimate of drug-likeness (QED) is 0.932. The average Bonchev–Trinajstić information content (AvgIpc) is 2.42. The van der Waals surface area contributed by atoms with E-state index in [-0.39, 0.29) is 11.5 Å². The number of carbonyl (C=O) groups excluding carboxylic acids is 1. The number of nitrogens with zero attached hydrogens (tertiary/aromatic N) is 1. The summed E-state index contributed by atoms with van der Waals surface area (Å²) in [7, 11) is 0. The molecular weight excluding hydrogens is 281 g/mol. The molecule has 0 aliphatic carbocycles. The van der Waals surface area contributed by atoms with Crippen LogP contribution in [0.15, 0.2) is 24.3 Å². The van der Waals surface area contributed by atoms with Crippen molar-refractivity contribution in [2.45, 2.75) is 44.4 Å². The van der Waals surface area contributed by atoms with Gasteiger partial charge in [-0.3, -0.25) is 4.79 Å². The van der Waals surface area contributed by atoms with Gasteiger partial charge < -0.3 is 10.6 Å². The molecule has 0 radical (unpaired) electrons. The van der Waals surface area contributed by atoms with Gasteiger partial charge in [0.2, 0.25) is 5.91 Å². The molecule has 2 rings (SSSR count). The molecule has 2 atom stereocenters. The van der Waals surface area contributed by atoms with E-state index in [4.69, 9.17) is 5.73 Å². The van der Waals surface area contributed by atoms with Crippen molar-refractivity contribution in [3.05, 3.63) is 35.4 Å². The lowest BCUT2D eigenvalue weighted by Crippen LogP contribution is -2.49. The molecule has 2 N–H and O–H groups in total. The van der Waals surface area contributed by atoms with Crippen molar-refractivity contribution in [3.63, 3.8) is 0 Å². The molecule has 3 nitrogen and oxygen atoms in total. The molecule has 1 fully saturated rings. The Labute approximate surface area is 121 Å². The Hall–Kier alpha value is -1.56. The van der Waals surface area contributed by atoms with Gasteiger partial charge in [-0.1, -0.05) is 25.1 Å². The van der Waals surface area contributed by atoms with Crippen molar-refractivity contribution in [2.75, 3.05) is 6.54 Å². The van der Waals surface area contributed by atoms with Crippen LogP contribution in [0, 0.1) is 0 Å². The molecule has 0 aromatic heterocycles. The van der Waals surface area contributed by atoms with E-state index in [1.54, 1.807) is 6.07 Å². The van der Waals surface area contributed by atoms with Gasteiger partial charge in [-0.2, -0.15) is 13.2 Å². The summed E-state index contributed by atoms with van der Waals surface area (Å²) in [6.07, 6.45) is -3.06. The molecule has 116 valence electrons. The van der Waals surface area contributed by atoms with Crippen molar-refractivity contribution in [3.8, 4) is 0 Å². The van der Waals surface area contributed by atoms with E-state index in [0.717, 1.165) is 6.07 Å². The van der Waals surface area contributed by atoms with Crippen LogP contribution in [0.3, 0.4) is 0 Å². The zero-order chi connectivity index (χ0) is 15.6. The lowest BCUT2D eigenvalue weighted by molar-refractivity contribution is -0.143. The Kier molecular flexibility index (Phi) is 4.56. The number of rotatable bonds is 3. The number of alkyl halides is 3. The fraction of sp³-hybridized carbons (Fsp3) is 0.533. The summed E-state index contributed by atoms with van der Waals surface area (Å²) in [5.74, 6) is -0.125. The molecule has 0 bridgehead atoms. The van der Waals surface area contributed by atoms with Gasteiger partial charge in [-0.05, 0) is 24.5 Å². The third kappa shape index (κ3) is 3.20. The first-order chi connectivity index (χ1) is 9.86. The Morgan fingerprint density at radius 2 is 2.00 bits per heavy atom. The highest BCUT2D eigenvalue weighted by Gasteiger charge is 2.40. The van der Waals surface area contributed by atoms with Crippen LogP contribution in [-0.4, -0.2) is 23.4 Å². The van der Waals surface area contributed by atoms with Crippen LogP contribution in [0.2, 0.25) is 0 Å². The third-order valence-electron chi connectivity index (χ3n) is 3.80. The molecule has 1 aromatic rings. The van der Waals surface area contributed by atoms with Gasteiger partial charge in [-0.15, -0.1) is 0 Å². The molecule has 1 amide bonds. The summed E-state index contributed by atoms with van der Waals surface area (Å²) in [4.78, 5) is 13.6. The highest BCUT2D eigenvalue weighted by molar-refractivity contribution is 5.78. The van der Waals surface area contributed by atoms with E-state index in [9.17, 15) is 18.0 Å². The lowest BCUT2D eigenvalue weighted by Gasteiger charge is -2.40. The summed E-state index contributed by atoms with van der Waals surface area (Å²) >= 11 is 0. The molecule has 0 spiro atoms. The zero-order valence-electron chi connectivity index (χ0n) is 11.9. The SMILES string of the molecule is CCCN1C(=O)CCC(N)C1c1ccccc1C(F)(F)F. The van der Waals surface area contributed by atoms with Gasteiger partial charge in [0.15, 0.2) is 0 Å². The first kappa shape index (κ1) is 15.8. The molecule has 1 aliphatic rings. The first-order valence-corrected chi connectivity index (χ1v) is 7.07. The van der Waals surface area contributed by atoms with E-state index in [0.29, 0.717) is 25.8 Å². The molecule has 6 heteroatoms. The minimum atomic E-state index is -4.45. The van der Waals surface area contributed by atoms with Gasteiger partial charge in [0.1, 0.15) is 0 Å². The third-order valence-corrected chi connectivity index (χ3v) is 3.80. The van der Waals surface area contributed by atoms with Crippen molar-refractivity contribution < 1.29 is 18.0 Å². The second kappa shape index (κ2) is 6.05. The summed E-state index contributed by atoms with van der Waals surface area (Å²) in [6, 6.07) is 4.20. The standard InChI is InChI=1S/C15H19F3N2O/c1-2-9-20-13(21)8-7-12(19)14(20)10-5-3-4-6-11(10)15(16,17)18/h3-6,12,14H,2,7-9,19H2,1H3. The predicted molar refractivity (Wildman–Crippen MR) is 73.4 cm³/mol. The van der Waals surface area contributed by atoms with E-state index >= 15 is 0 Å². The van der Waals surface area contributed by atoms with E-state index < -0.39 is 23.8 Å². The number of amides is 1. The second-order valence-electron chi connectivity index (χ2n) is 5.32. The fourth-order valence-electron chi connectivity index (χ4n) is 2.89. The zero-order valence-corrected chi connectivity index (χ0v) is 11.9. The number of benzene rings is 1. The normalized spacial score (nSPS) is 23.5. The minimum Gasteiger partial charge on any atom is -0.334 e. The maximum atomic E-state index is 13.2. The number of nitrogens with two attached hydrogens (primary N) is 1. The summed E-state index contributed by atoms with van der Waals surface area (Å²) < 4.78 is 39.6. The van der Waals surface area contributed by atoms with Gasteiger partial charge in [0.05, 0.1) is 11.6 Å². The molecular formula is C15H19F3N2O. The van der Waals surface area contributed by atoms with E-state index in [1.165, 1.54) is 17.0 Å². The van der Waals surface area contributed by atoms with E-state index in [1.807, 2.05) is 6.92 Å². The average molecular weight is 300 g/mol. The van der Waals surface area contributed by atoms with Crippen LogP contribution in [0.4, 0.5) is 13.2 Å². The van der Waals surface area contributed by atoms with Crippen LogP contribution < -0.4 is 5.73 Å². The van der Waals surface area contributed by atoms with Crippen LogP contribution >= 0.6 is 0 Å². The topological polar surface area (TPSA) is 46.3 Å². The summed E-state index contributed by atoms with van der Waals surface area (Å²) in [5.41, 5.74) is 5.43. The van der Waals surface area contributed by atoms with Crippen molar-refractivity contribution in [1.82, 2.24) is 4.90 Å². The fourth-order valence-corrected chi connectivity index (χ4v) is 2.89. The van der Waals surface area contributed by atoms with Gasteiger partial charge in [0.25, 0.3) is 0 Å². The molecule has 1 heterocycles. The second-order valence-corrected chi connectivity index (χ2v) is 5.32. The molecule has 21 heavy (non-hydrogen) atoms. The maximum absolute atomic E-state index is 13.2. The van der Waals surface area contributed by atoms with E-state index in [2.05, 4.69) is 0 Å². The molecule has 0 saturated carbocycles. The number of halogens is 3. The number of likely N-dealkylation sites (tertiary alicyclic amines) is 1. The number of piperidine rings is 1. The predicted octanol–water partition coefficient (Wildman–Crippen LogP) is 3.11. The van der Waals surface area contributed by atoms with Gasteiger partial charge >= 0.3 is 6.18 Å². The van der Waals surface area contributed by atoms with Crippen LogP contribution in [-0.2, 0) is 11.0 Å². The largest absolute Gasteiger partial charge is 0.416 e. The highest BCUT2D eigenvalue weighted by Crippen LogP contribution is 2.39. The van der Waals surface area contributed by atoms with Crippen molar-refractivity contribution in [1.29, 1.82) is 0 Å². The molecule has 2 unspecified atom stereocenters. The Balaban J connectivity index is 2.48. The smallest absolute Gasteiger partial charge is 0.334 e. The molecule has 1 aliphatic heterocycles. The number of hydrogen-bond donors (Lipinski definition) is 1. The number of hydrogen-bond acceptors (Lipinski definition) is 2. The summed E-state index contributed by atoms with van der Waals surface area (Å²) in [6.45, 7) is 2.31. The number of carbonyl (C=O) groups is 1. The van der Waals surface area contributed by atoms with Gasteiger partial charge in [0, 0.05) is 19.0 Å². The van der Waals surface area contributed by atoms with Crippen molar-refractivity contribution >= 4 is 5.91 Å². The molecule has 1 saturated heterocycles. The lowest BCUT2D eigenvalue weighted by atomic mass is 9.87. The highest BCUT2D eigenvalue weighted by atomic mass is 19.4. The maximum Gasteiger partial charge on any atom is 0.416 e.